The van der Waals surface area contributed by atoms with Gasteiger partial charge >= 0.3 is 0 Å². The summed E-state index contributed by atoms with van der Waals surface area (Å²) in [6.07, 6.45) is 6.19. The third-order valence-corrected chi connectivity index (χ3v) is 4.54. The normalized spacial score (nSPS) is 21.8. The zero-order valence-corrected chi connectivity index (χ0v) is 10.6. The van der Waals surface area contributed by atoms with Crippen LogP contribution in [0.1, 0.15) is 42.3 Å². The van der Waals surface area contributed by atoms with Gasteiger partial charge in [0.05, 0.1) is 9.88 Å². The van der Waals surface area contributed by atoms with Crippen molar-refractivity contribution in [3.05, 3.63) is 17.0 Å². The number of rotatable bonds is 3. The van der Waals surface area contributed by atoms with E-state index in [1.54, 1.807) is 11.3 Å². The number of hydrogen-bond acceptors (Lipinski definition) is 3. The van der Waals surface area contributed by atoms with Crippen LogP contribution >= 0.6 is 11.3 Å². The molecule has 1 aromatic rings. The van der Waals surface area contributed by atoms with Gasteiger partial charge in [-0.3, -0.25) is 4.79 Å². The zero-order chi connectivity index (χ0) is 11.4. The van der Waals surface area contributed by atoms with Crippen LogP contribution in [0, 0.1) is 5.92 Å². The molecule has 0 aromatic carbocycles. The molecule has 16 heavy (non-hydrogen) atoms. The Morgan fingerprint density at radius 1 is 1.44 bits per heavy atom. The third-order valence-electron chi connectivity index (χ3n) is 3.47. The Balaban J connectivity index is 2.01. The quantitative estimate of drug-likeness (QED) is 0.749. The van der Waals surface area contributed by atoms with Crippen LogP contribution in [0.3, 0.4) is 0 Å². The van der Waals surface area contributed by atoms with Crippen LogP contribution < -0.4 is 4.90 Å². The Hall–Kier alpha value is -0.830. The number of carbonyl (C=O) groups excluding carboxylic acids is 1. The van der Waals surface area contributed by atoms with Crippen LogP contribution in [-0.4, -0.2) is 19.4 Å². The molecule has 0 spiro atoms. The zero-order valence-electron chi connectivity index (χ0n) is 9.82. The van der Waals surface area contributed by atoms with Crippen LogP contribution in [0.2, 0.25) is 0 Å². The second-order valence-corrected chi connectivity index (χ2v) is 5.58. The summed E-state index contributed by atoms with van der Waals surface area (Å²) < 4.78 is 0. The van der Waals surface area contributed by atoms with Gasteiger partial charge in [0.2, 0.25) is 0 Å². The lowest BCUT2D eigenvalue weighted by Crippen LogP contribution is -2.23. The van der Waals surface area contributed by atoms with Crippen molar-refractivity contribution in [1.82, 2.24) is 0 Å². The largest absolute Gasteiger partial charge is 0.363 e. The first kappa shape index (κ1) is 11.6. The lowest BCUT2D eigenvalue weighted by atomic mass is 9.98. The maximum absolute atomic E-state index is 10.7. The van der Waals surface area contributed by atoms with E-state index in [9.17, 15) is 4.79 Å². The van der Waals surface area contributed by atoms with Crippen LogP contribution in [0.4, 0.5) is 5.00 Å². The summed E-state index contributed by atoms with van der Waals surface area (Å²) in [6, 6.07) is 4.01. The van der Waals surface area contributed by atoms with E-state index in [0.29, 0.717) is 0 Å². The summed E-state index contributed by atoms with van der Waals surface area (Å²) in [7, 11) is 0. The highest BCUT2D eigenvalue weighted by molar-refractivity contribution is 7.17. The van der Waals surface area contributed by atoms with E-state index in [0.717, 1.165) is 30.2 Å². The Bertz CT molecular complexity index is 347. The molecule has 2 heterocycles. The van der Waals surface area contributed by atoms with Gasteiger partial charge in [-0.05, 0) is 37.3 Å². The fourth-order valence-corrected chi connectivity index (χ4v) is 3.24. The number of anilines is 1. The van der Waals surface area contributed by atoms with Gasteiger partial charge in [0, 0.05) is 13.1 Å². The van der Waals surface area contributed by atoms with Gasteiger partial charge in [0.1, 0.15) is 0 Å². The Morgan fingerprint density at radius 3 is 3.00 bits per heavy atom. The molecule has 0 saturated carbocycles. The van der Waals surface area contributed by atoms with E-state index in [1.165, 1.54) is 30.7 Å². The minimum atomic E-state index is 0.839. The summed E-state index contributed by atoms with van der Waals surface area (Å²) in [5.41, 5.74) is 0. The molecule has 1 aromatic heterocycles. The number of aldehydes is 1. The average molecular weight is 237 g/mol. The smallest absolute Gasteiger partial charge is 0.160 e. The second kappa shape index (κ2) is 5.48. The van der Waals surface area contributed by atoms with Crippen LogP contribution in [0.5, 0.6) is 0 Å². The molecule has 0 radical (unpaired) electrons. The summed E-state index contributed by atoms with van der Waals surface area (Å²) in [5.74, 6) is 0.899. The Labute approximate surface area is 101 Å². The average Bonchev–Trinajstić information content (AvgIpc) is 2.67. The monoisotopic (exact) mass is 237 g/mol. The molecule has 3 heteroatoms. The van der Waals surface area contributed by atoms with Gasteiger partial charge in [-0.1, -0.05) is 13.3 Å². The Kier molecular flexibility index (Phi) is 3.99. The molecule has 0 aliphatic carbocycles. The SMILES string of the molecule is CCC1CCCN(c2ccc(C=O)s2)CC1. The summed E-state index contributed by atoms with van der Waals surface area (Å²) in [5, 5.41) is 1.26. The van der Waals surface area contributed by atoms with E-state index in [2.05, 4.69) is 17.9 Å². The molecule has 1 saturated heterocycles. The molecule has 2 rings (SSSR count). The van der Waals surface area contributed by atoms with Crippen molar-refractivity contribution in [3.63, 3.8) is 0 Å². The van der Waals surface area contributed by atoms with Gasteiger partial charge in [-0.2, -0.15) is 0 Å². The molecular formula is C13H19NOS. The number of carbonyl (C=O) groups is 1. The van der Waals surface area contributed by atoms with Gasteiger partial charge in [0.15, 0.2) is 6.29 Å². The van der Waals surface area contributed by atoms with Crippen LogP contribution in [0.15, 0.2) is 12.1 Å². The van der Waals surface area contributed by atoms with Crippen molar-refractivity contribution in [2.75, 3.05) is 18.0 Å². The molecule has 1 aliphatic heterocycles. The van der Waals surface area contributed by atoms with Gasteiger partial charge in [-0.15, -0.1) is 11.3 Å². The number of nitrogens with zero attached hydrogens (tertiary/aromatic N) is 1. The molecular weight excluding hydrogens is 218 g/mol. The molecule has 0 bridgehead atoms. The minimum Gasteiger partial charge on any atom is -0.363 e. The van der Waals surface area contributed by atoms with E-state index in [1.807, 2.05) is 6.07 Å². The van der Waals surface area contributed by atoms with E-state index in [-0.39, 0.29) is 0 Å². The van der Waals surface area contributed by atoms with E-state index < -0.39 is 0 Å². The highest BCUT2D eigenvalue weighted by Crippen LogP contribution is 2.29. The molecule has 1 atom stereocenters. The molecule has 1 fully saturated rings. The van der Waals surface area contributed by atoms with Crippen LogP contribution in [0.25, 0.3) is 0 Å². The molecule has 1 aliphatic rings. The van der Waals surface area contributed by atoms with Crippen molar-refractivity contribution in [2.24, 2.45) is 5.92 Å². The standard InChI is InChI=1S/C13H19NOS/c1-2-11-4-3-8-14(9-7-11)13-6-5-12(10-15)16-13/h5-6,10-11H,2-4,7-9H2,1H3. The van der Waals surface area contributed by atoms with Crippen LogP contribution in [-0.2, 0) is 0 Å². The number of thiophene rings is 1. The molecule has 1 unspecified atom stereocenters. The lowest BCUT2D eigenvalue weighted by Gasteiger charge is -2.20. The molecule has 0 N–H and O–H groups in total. The predicted molar refractivity (Wildman–Crippen MR) is 69.6 cm³/mol. The first-order chi connectivity index (χ1) is 7.83. The van der Waals surface area contributed by atoms with Gasteiger partial charge in [-0.25, -0.2) is 0 Å². The fraction of sp³-hybridized carbons (Fsp3) is 0.615. The predicted octanol–water partition coefficient (Wildman–Crippen LogP) is 3.58. The highest BCUT2D eigenvalue weighted by atomic mass is 32.1. The van der Waals surface area contributed by atoms with Crippen molar-refractivity contribution >= 4 is 22.6 Å². The number of hydrogen-bond donors (Lipinski definition) is 0. The summed E-state index contributed by atoms with van der Waals surface area (Å²) in [4.78, 5) is 13.9. The first-order valence-electron chi connectivity index (χ1n) is 6.13. The minimum absolute atomic E-state index is 0.839. The first-order valence-corrected chi connectivity index (χ1v) is 6.95. The third kappa shape index (κ3) is 2.64. The maximum atomic E-state index is 10.7. The summed E-state index contributed by atoms with van der Waals surface area (Å²) in [6.45, 7) is 4.59. The van der Waals surface area contributed by atoms with Crippen molar-refractivity contribution in [1.29, 1.82) is 0 Å². The fourth-order valence-electron chi connectivity index (χ4n) is 2.37. The molecule has 2 nitrogen and oxygen atoms in total. The van der Waals surface area contributed by atoms with Gasteiger partial charge in [0.25, 0.3) is 0 Å². The topological polar surface area (TPSA) is 20.3 Å². The lowest BCUT2D eigenvalue weighted by molar-refractivity contribution is 0.112. The van der Waals surface area contributed by atoms with E-state index >= 15 is 0 Å². The van der Waals surface area contributed by atoms with Gasteiger partial charge < -0.3 is 4.90 Å². The van der Waals surface area contributed by atoms with Crippen molar-refractivity contribution in [3.8, 4) is 0 Å². The maximum Gasteiger partial charge on any atom is 0.160 e. The van der Waals surface area contributed by atoms with Crippen molar-refractivity contribution in [2.45, 2.75) is 32.6 Å². The molecule has 0 amide bonds. The summed E-state index contributed by atoms with van der Waals surface area (Å²) >= 11 is 1.62. The van der Waals surface area contributed by atoms with E-state index in [4.69, 9.17) is 0 Å². The second-order valence-electron chi connectivity index (χ2n) is 4.49. The highest BCUT2D eigenvalue weighted by Gasteiger charge is 2.16. The van der Waals surface area contributed by atoms with Crippen molar-refractivity contribution < 1.29 is 4.79 Å². The molecule has 88 valence electrons. The Morgan fingerprint density at radius 2 is 2.31 bits per heavy atom.